The molecule has 11 rings (SSSR count). The molecule has 7 aromatic rings. The molecule has 2 saturated heterocycles. The molecule has 7 heterocycles. The molecule has 68 heavy (non-hydrogen) atoms. The van der Waals surface area contributed by atoms with Gasteiger partial charge in [-0.2, -0.15) is 10.2 Å². The molecule has 3 aliphatic heterocycles. The second-order valence-corrected chi connectivity index (χ2v) is 19.6. The van der Waals surface area contributed by atoms with Gasteiger partial charge in [0.1, 0.15) is 29.3 Å². The third-order valence-corrected chi connectivity index (χ3v) is 14.8. The Bertz CT molecular complexity index is 3250. The summed E-state index contributed by atoms with van der Waals surface area (Å²) >= 11 is 0. The van der Waals surface area contributed by atoms with Crippen LogP contribution >= 0.6 is 0 Å². The second-order valence-electron chi connectivity index (χ2n) is 19.6. The molecule has 0 bridgehead atoms. The quantitative estimate of drug-likeness (QED) is 0.143. The first-order chi connectivity index (χ1) is 32.6. The number of benzene rings is 3. The summed E-state index contributed by atoms with van der Waals surface area (Å²) in [6, 6.07) is 14.1. The summed E-state index contributed by atoms with van der Waals surface area (Å²) in [4.78, 5) is 50.0. The molecule has 1 aliphatic carbocycles. The monoisotopic (exact) mass is 928 g/mol. The average molecular weight is 929 g/mol. The minimum atomic E-state index is -0.725. The third kappa shape index (κ3) is 6.89. The SMILES string of the molecule is COCCn1ncc2cc(-n3ccn(-c4c5c(nn4-c4cc(C)c(F)c(C)c4)CCN(C(=O)c4cc6cc([C@H]7CCOC(C)(C)C7)ccc6n4[C@@]4(C6NOC(=O)N6)C[C@@H]4C)[C@H]5C)c3=O)c(F)cc21. The van der Waals surface area contributed by atoms with E-state index in [2.05, 4.69) is 59.4 Å². The number of ether oxygens (including phenoxy) is 2. The van der Waals surface area contributed by atoms with Gasteiger partial charge in [0, 0.05) is 67.0 Å². The Hall–Kier alpha value is -6.63. The van der Waals surface area contributed by atoms with E-state index in [9.17, 15) is 9.59 Å². The molecule has 1 saturated carbocycles. The van der Waals surface area contributed by atoms with Crippen LogP contribution in [0.1, 0.15) is 97.4 Å². The van der Waals surface area contributed by atoms with Crippen molar-refractivity contribution >= 4 is 33.8 Å². The van der Waals surface area contributed by atoms with Crippen molar-refractivity contribution < 1.29 is 32.7 Å². The summed E-state index contributed by atoms with van der Waals surface area (Å²) < 4.78 is 50.6. The van der Waals surface area contributed by atoms with Gasteiger partial charge in [0.25, 0.3) is 5.91 Å². The summed E-state index contributed by atoms with van der Waals surface area (Å²) in [6.45, 7) is 13.4. The summed E-state index contributed by atoms with van der Waals surface area (Å²) in [6.07, 6.45) is 6.27. The van der Waals surface area contributed by atoms with Crippen molar-refractivity contribution in [1.82, 2.24) is 49.0 Å². The van der Waals surface area contributed by atoms with Crippen molar-refractivity contribution in [2.75, 3.05) is 26.9 Å². The fraction of sp³-hybridized carbons (Fsp3) is 0.420. The van der Waals surface area contributed by atoms with Crippen LogP contribution in [0.15, 0.2) is 71.9 Å². The van der Waals surface area contributed by atoms with Crippen LogP contribution in [0, 0.1) is 31.4 Å². The topological polar surface area (TPSA) is 157 Å². The third-order valence-electron chi connectivity index (χ3n) is 14.8. The maximum Gasteiger partial charge on any atom is 0.427 e. The molecule has 18 heteroatoms. The number of methoxy groups -OCH3 is 1. The van der Waals surface area contributed by atoms with Crippen LogP contribution in [0.5, 0.6) is 0 Å². The maximum absolute atomic E-state index is 16.1. The minimum Gasteiger partial charge on any atom is -0.383 e. The van der Waals surface area contributed by atoms with Crippen molar-refractivity contribution in [3.63, 3.8) is 0 Å². The lowest BCUT2D eigenvalue weighted by Gasteiger charge is -2.36. The Kier molecular flexibility index (Phi) is 10.3. The zero-order chi connectivity index (χ0) is 47.6. The Labute approximate surface area is 390 Å². The largest absolute Gasteiger partial charge is 0.427 e. The van der Waals surface area contributed by atoms with Gasteiger partial charge < -0.3 is 23.8 Å². The van der Waals surface area contributed by atoms with E-state index in [4.69, 9.17) is 19.4 Å². The van der Waals surface area contributed by atoms with Gasteiger partial charge in [0.05, 0.1) is 59.1 Å². The first-order valence-electron chi connectivity index (χ1n) is 23.3. The molecule has 3 aromatic carbocycles. The molecule has 354 valence electrons. The summed E-state index contributed by atoms with van der Waals surface area (Å²) in [7, 11) is 1.58. The van der Waals surface area contributed by atoms with Crippen molar-refractivity contribution in [2.45, 2.75) is 103 Å². The van der Waals surface area contributed by atoms with E-state index in [0.717, 1.165) is 23.7 Å². The number of hydrogen-bond acceptors (Lipinski definition) is 9. The molecule has 2 N–H and O–H groups in total. The fourth-order valence-corrected chi connectivity index (χ4v) is 11.3. The van der Waals surface area contributed by atoms with E-state index in [1.54, 1.807) is 65.8 Å². The molecule has 16 nitrogen and oxygen atoms in total. The van der Waals surface area contributed by atoms with Crippen molar-refractivity contribution in [3.05, 3.63) is 123 Å². The van der Waals surface area contributed by atoms with Crippen LogP contribution < -0.4 is 16.5 Å². The highest BCUT2D eigenvalue weighted by Crippen LogP contribution is 2.55. The van der Waals surface area contributed by atoms with Crippen LogP contribution in [0.3, 0.4) is 0 Å². The number of hydroxylamine groups is 1. The Morgan fingerprint density at radius 3 is 2.44 bits per heavy atom. The van der Waals surface area contributed by atoms with Crippen LogP contribution in [0.4, 0.5) is 13.6 Å². The first-order valence-corrected chi connectivity index (χ1v) is 23.3. The molecule has 1 unspecified atom stereocenters. The predicted octanol–water partition coefficient (Wildman–Crippen LogP) is 7.40. The molecule has 2 amide bonds. The number of amides is 2. The van der Waals surface area contributed by atoms with Gasteiger partial charge >= 0.3 is 11.8 Å². The van der Waals surface area contributed by atoms with Crippen molar-refractivity contribution in [3.8, 4) is 17.2 Å². The lowest BCUT2D eigenvalue weighted by atomic mass is 9.83. The van der Waals surface area contributed by atoms with E-state index >= 15 is 13.6 Å². The predicted molar refractivity (Wildman–Crippen MR) is 248 cm³/mol. The number of nitrogens with one attached hydrogen (secondary N) is 2. The van der Waals surface area contributed by atoms with Crippen LogP contribution in [-0.2, 0) is 32.8 Å². The lowest BCUT2D eigenvalue weighted by Crippen LogP contribution is -2.49. The van der Waals surface area contributed by atoms with Gasteiger partial charge in [-0.3, -0.25) is 23.9 Å². The standard InChI is InChI=1S/C50H54F2N10O6/c1-27-18-35(19-28(2)43(27)52)62-44(59-14-13-58(48(59)65)40-22-34-26-53-60(15-17-66-7)39(34)23-36(40)51)42-30(4)57(12-10-37(42)55-62)45(63)41-21-33-20-31(32-11-16-67-49(5,6)25-32)8-9-38(33)61(41)50(24-29(50)3)46-54-47(64)68-56-46/h8-9,13-14,18-23,26,29-30,32,46,56H,10-12,15-17,24-25H2,1-7H3,(H,54,64)/t29-,30-,32-,46?,50-/m0/s1. The summed E-state index contributed by atoms with van der Waals surface area (Å²) in [5, 5.41) is 14.0. The van der Waals surface area contributed by atoms with Gasteiger partial charge in [0.2, 0.25) is 0 Å². The number of halogens is 2. The Morgan fingerprint density at radius 2 is 1.74 bits per heavy atom. The van der Waals surface area contributed by atoms with E-state index in [-0.39, 0.29) is 34.8 Å². The van der Waals surface area contributed by atoms with E-state index < -0.39 is 35.3 Å². The zero-order valence-corrected chi connectivity index (χ0v) is 39.1. The normalized spacial score (nSPS) is 23.3. The van der Waals surface area contributed by atoms with E-state index in [1.165, 1.54) is 27.0 Å². The van der Waals surface area contributed by atoms with Gasteiger partial charge in [0.15, 0.2) is 0 Å². The highest BCUT2D eigenvalue weighted by atomic mass is 19.1. The number of carbonyl (C=O) groups excluding carboxylic acids is 2. The molecule has 3 fully saturated rings. The fourth-order valence-electron chi connectivity index (χ4n) is 11.3. The molecule has 5 atom stereocenters. The first kappa shape index (κ1) is 43.9. The molecule has 0 radical (unpaired) electrons. The zero-order valence-electron chi connectivity index (χ0n) is 39.1. The van der Waals surface area contributed by atoms with E-state index in [1.807, 2.05) is 13.0 Å². The highest BCUT2D eigenvalue weighted by Gasteiger charge is 2.62. The van der Waals surface area contributed by atoms with Crippen LogP contribution in [-0.4, -0.2) is 88.8 Å². The molecule has 4 aromatic heterocycles. The van der Waals surface area contributed by atoms with Crippen molar-refractivity contribution in [1.29, 1.82) is 0 Å². The Balaban J connectivity index is 1.03. The van der Waals surface area contributed by atoms with Crippen LogP contribution in [0.2, 0.25) is 0 Å². The number of aryl methyl sites for hydroxylation is 2. The lowest BCUT2D eigenvalue weighted by molar-refractivity contribution is -0.0592. The smallest absolute Gasteiger partial charge is 0.383 e. The molecule has 0 spiro atoms. The molecular weight excluding hydrogens is 875 g/mol. The number of fused-ring (bicyclic) bond motifs is 3. The average Bonchev–Trinajstić information content (AvgIpc) is 3.94. The van der Waals surface area contributed by atoms with Gasteiger partial charge in [-0.05, 0) is 119 Å². The number of aromatic nitrogens is 7. The summed E-state index contributed by atoms with van der Waals surface area (Å²) in [5.74, 6) is -0.530. The summed E-state index contributed by atoms with van der Waals surface area (Å²) in [5.41, 5.74) is 7.02. The highest BCUT2D eigenvalue weighted by molar-refractivity contribution is 6.00. The van der Waals surface area contributed by atoms with E-state index in [0.29, 0.717) is 89.6 Å². The van der Waals surface area contributed by atoms with Crippen molar-refractivity contribution in [2.24, 2.45) is 5.92 Å². The number of hydrogen-bond donors (Lipinski definition) is 2. The van der Waals surface area contributed by atoms with Crippen LogP contribution in [0.25, 0.3) is 39.0 Å². The molecular formula is C50H54F2N10O6. The number of nitrogens with zero attached hydrogens (tertiary/aromatic N) is 8. The number of imidazole rings is 1. The number of carbonyl (C=O) groups is 2. The molecule has 4 aliphatic rings. The van der Waals surface area contributed by atoms with Gasteiger partial charge in [-0.1, -0.05) is 13.0 Å². The Morgan fingerprint density at radius 1 is 0.971 bits per heavy atom. The second kappa shape index (κ2) is 16.0. The number of rotatable bonds is 10. The minimum absolute atomic E-state index is 0.0314. The maximum atomic E-state index is 16.1. The van der Waals surface area contributed by atoms with Gasteiger partial charge in [-0.15, -0.1) is 5.48 Å². The van der Waals surface area contributed by atoms with Gasteiger partial charge in [-0.25, -0.2) is 23.1 Å².